The van der Waals surface area contributed by atoms with Gasteiger partial charge < -0.3 is 9.47 Å². The normalized spacial score (nSPS) is 10.7. The molecule has 9 nitrogen and oxygen atoms in total. The van der Waals surface area contributed by atoms with E-state index in [4.69, 9.17) is 21.1 Å². The summed E-state index contributed by atoms with van der Waals surface area (Å²) in [6.07, 6.45) is 0. The first-order valence-electron chi connectivity index (χ1n) is 9.06. The SMILES string of the molecule is COc1ccccc1C(=O)Nc1nc(-c2nnn(-c3cc(Cl)ccc3OC)c2C)ns1. The highest BCUT2D eigenvalue weighted by atomic mass is 35.5. The van der Waals surface area contributed by atoms with Gasteiger partial charge in [-0.3, -0.25) is 10.1 Å². The molecule has 1 N–H and O–H groups in total. The lowest BCUT2D eigenvalue weighted by molar-refractivity contribution is 0.102. The second kappa shape index (κ2) is 8.70. The van der Waals surface area contributed by atoms with E-state index in [0.717, 1.165) is 11.5 Å². The Bertz CT molecular complexity index is 1260. The summed E-state index contributed by atoms with van der Waals surface area (Å²) in [7, 11) is 3.08. The molecule has 2 aromatic carbocycles. The number of para-hydroxylation sites is 1. The monoisotopic (exact) mass is 456 g/mol. The summed E-state index contributed by atoms with van der Waals surface area (Å²) in [5, 5.41) is 12.0. The summed E-state index contributed by atoms with van der Waals surface area (Å²) in [4.78, 5) is 17.0. The first-order chi connectivity index (χ1) is 15.0. The average molecular weight is 457 g/mol. The van der Waals surface area contributed by atoms with Crippen molar-refractivity contribution >= 4 is 34.2 Å². The number of nitrogens with one attached hydrogen (secondary N) is 1. The molecule has 4 aromatic rings. The second-order valence-corrected chi connectivity index (χ2v) is 7.52. The maximum Gasteiger partial charge on any atom is 0.261 e. The Balaban J connectivity index is 1.61. The van der Waals surface area contributed by atoms with Crippen molar-refractivity contribution in [3.63, 3.8) is 0 Å². The van der Waals surface area contributed by atoms with Crippen LogP contribution in [0.25, 0.3) is 17.2 Å². The van der Waals surface area contributed by atoms with Crippen molar-refractivity contribution < 1.29 is 14.3 Å². The minimum atomic E-state index is -0.343. The lowest BCUT2D eigenvalue weighted by atomic mass is 10.2. The molecule has 31 heavy (non-hydrogen) atoms. The van der Waals surface area contributed by atoms with Gasteiger partial charge in [0.1, 0.15) is 17.2 Å². The van der Waals surface area contributed by atoms with Crippen LogP contribution in [0.1, 0.15) is 16.1 Å². The van der Waals surface area contributed by atoms with Crippen molar-refractivity contribution in [2.75, 3.05) is 19.5 Å². The van der Waals surface area contributed by atoms with E-state index in [1.54, 1.807) is 54.3 Å². The molecule has 0 aliphatic heterocycles. The number of halogens is 1. The highest BCUT2D eigenvalue weighted by Gasteiger charge is 2.20. The van der Waals surface area contributed by atoms with Crippen LogP contribution in [0.2, 0.25) is 5.02 Å². The number of aromatic nitrogens is 5. The van der Waals surface area contributed by atoms with Crippen molar-refractivity contribution in [3.8, 4) is 28.7 Å². The highest BCUT2D eigenvalue weighted by molar-refractivity contribution is 7.10. The predicted octanol–water partition coefficient (Wildman–Crippen LogP) is 4.02. The zero-order valence-electron chi connectivity index (χ0n) is 16.8. The average Bonchev–Trinajstić information content (AvgIpc) is 3.39. The second-order valence-electron chi connectivity index (χ2n) is 6.33. The molecule has 11 heteroatoms. The number of rotatable bonds is 6. The molecule has 0 radical (unpaired) electrons. The zero-order valence-corrected chi connectivity index (χ0v) is 18.4. The Morgan fingerprint density at radius 3 is 2.68 bits per heavy atom. The molecule has 2 aromatic heterocycles. The van der Waals surface area contributed by atoms with E-state index in [1.165, 1.54) is 7.11 Å². The Morgan fingerprint density at radius 2 is 1.90 bits per heavy atom. The smallest absolute Gasteiger partial charge is 0.261 e. The van der Waals surface area contributed by atoms with Crippen molar-refractivity contribution in [2.45, 2.75) is 6.92 Å². The molecule has 0 saturated heterocycles. The maximum atomic E-state index is 12.6. The van der Waals surface area contributed by atoms with Gasteiger partial charge in [0, 0.05) is 16.6 Å². The fraction of sp³-hybridized carbons (Fsp3) is 0.150. The minimum absolute atomic E-state index is 0.334. The molecule has 1 amide bonds. The fourth-order valence-corrected chi connectivity index (χ4v) is 3.69. The first-order valence-corrected chi connectivity index (χ1v) is 10.2. The fourth-order valence-electron chi connectivity index (χ4n) is 2.96. The molecular formula is C20H17ClN6O3S. The summed E-state index contributed by atoms with van der Waals surface area (Å²) in [6, 6.07) is 12.2. The summed E-state index contributed by atoms with van der Waals surface area (Å²) in [5.74, 6) is 1.08. The molecule has 0 unspecified atom stereocenters. The van der Waals surface area contributed by atoms with Crippen molar-refractivity contribution in [3.05, 3.63) is 58.7 Å². The van der Waals surface area contributed by atoms with Crippen LogP contribution in [0.15, 0.2) is 42.5 Å². The molecule has 0 fully saturated rings. The van der Waals surface area contributed by atoms with E-state index in [9.17, 15) is 4.79 Å². The van der Waals surface area contributed by atoms with Crippen LogP contribution in [0.3, 0.4) is 0 Å². The van der Waals surface area contributed by atoms with Gasteiger partial charge >= 0.3 is 0 Å². The molecule has 0 bridgehead atoms. The minimum Gasteiger partial charge on any atom is -0.496 e. The Hall–Kier alpha value is -3.50. The number of nitrogens with zero attached hydrogens (tertiary/aromatic N) is 5. The van der Waals surface area contributed by atoms with E-state index < -0.39 is 0 Å². The molecule has 158 valence electrons. The van der Waals surface area contributed by atoms with Gasteiger partial charge in [-0.05, 0) is 37.3 Å². The van der Waals surface area contributed by atoms with Crippen LogP contribution in [0, 0.1) is 6.92 Å². The number of methoxy groups -OCH3 is 2. The third-order valence-corrected chi connectivity index (χ3v) is 5.34. The van der Waals surface area contributed by atoms with E-state index in [2.05, 4.69) is 25.0 Å². The number of carbonyl (C=O) groups is 1. The summed E-state index contributed by atoms with van der Waals surface area (Å²) in [5.41, 5.74) is 2.22. The van der Waals surface area contributed by atoms with Crippen LogP contribution < -0.4 is 14.8 Å². The van der Waals surface area contributed by atoms with Crippen LogP contribution in [0.5, 0.6) is 11.5 Å². The van der Waals surface area contributed by atoms with Gasteiger partial charge in [-0.1, -0.05) is 28.9 Å². The molecular weight excluding hydrogens is 440 g/mol. The summed E-state index contributed by atoms with van der Waals surface area (Å²) < 4.78 is 16.6. The van der Waals surface area contributed by atoms with E-state index in [1.807, 2.05) is 6.92 Å². The maximum absolute atomic E-state index is 12.6. The summed E-state index contributed by atoms with van der Waals surface area (Å²) >= 11 is 7.18. The lowest BCUT2D eigenvalue weighted by Gasteiger charge is -2.09. The highest BCUT2D eigenvalue weighted by Crippen LogP contribution is 2.30. The van der Waals surface area contributed by atoms with Gasteiger partial charge in [-0.2, -0.15) is 9.36 Å². The van der Waals surface area contributed by atoms with Gasteiger partial charge in [0.05, 0.1) is 25.5 Å². The first kappa shape index (κ1) is 20.8. The van der Waals surface area contributed by atoms with Gasteiger partial charge in [0.25, 0.3) is 5.91 Å². The molecule has 0 aliphatic carbocycles. The van der Waals surface area contributed by atoms with Crippen LogP contribution >= 0.6 is 23.1 Å². The molecule has 0 saturated carbocycles. The summed E-state index contributed by atoms with van der Waals surface area (Å²) in [6.45, 7) is 1.84. The Morgan fingerprint density at radius 1 is 1.13 bits per heavy atom. The van der Waals surface area contributed by atoms with Gasteiger partial charge in [-0.25, -0.2) is 4.68 Å². The van der Waals surface area contributed by atoms with Gasteiger partial charge in [0.2, 0.25) is 5.13 Å². The molecule has 0 atom stereocenters. The number of hydrogen-bond acceptors (Lipinski definition) is 8. The van der Waals surface area contributed by atoms with E-state index in [0.29, 0.717) is 50.1 Å². The van der Waals surface area contributed by atoms with Crippen LogP contribution in [-0.4, -0.2) is 44.5 Å². The third kappa shape index (κ3) is 4.07. The molecule has 0 spiro atoms. The quantitative estimate of drug-likeness (QED) is 0.467. The molecule has 2 heterocycles. The topological polar surface area (TPSA) is 104 Å². The van der Waals surface area contributed by atoms with Crippen LogP contribution in [-0.2, 0) is 0 Å². The van der Waals surface area contributed by atoms with E-state index in [-0.39, 0.29) is 5.91 Å². The number of benzene rings is 2. The lowest BCUT2D eigenvalue weighted by Crippen LogP contribution is -2.12. The zero-order chi connectivity index (χ0) is 22.0. The third-order valence-electron chi connectivity index (χ3n) is 4.47. The number of hydrogen-bond donors (Lipinski definition) is 1. The standard InChI is InChI=1S/C20H17ClN6O3S/c1-11-17(24-26-27(11)14-10-12(21)8-9-16(14)30-3)18-22-20(31-25-18)23-19(28)13-6-4-5-7-15(13)29-2/h4-10H,1-3H3,(H,22,23,25,28). The van der Waals surface area contributed by atoms with Crippen molar-refractivity contribution in [1.29, 1.82) is 0 Å². The van der Waals surface area contributed by atoms with Crippen molar-refractivity contribution in [1.82, 2.24) is 24.4 Å². The number of anilines is 1. The largest absolute Gasteiger partial charge is 0.496 e. The number of ether oxygens (including phenoxy) is 2. The molecule has 4 rings (SSSR count). The predicted molar refractivity (Wildman–Crippen MR) is 118 cm³/mol. The van der Waals surface area contributed by atoms with Crippen LogP contribution in [0.4, 0.5) is 5.13 Å². The Labute approximate surface area is 186 Å². The molecule has 0 aliphatic rings. The van der Waals surface area contributed by atoms with Gasteiger partial charge in [0.15, 0.2) is 11.5 Å². The van der Waals surface area contributed by atoms with Gasteiger partial charge in [-0.15, -0.1) is 5.10 Å². The number of amides is 1. The van der Waals surface area contributed by atoms with Crippen molar-refractivity contribution in [2.24, 2.45) is 0 Å². The Kier molecular flexibility index (Phi) is 5.83. The number of carbonyl (C=O) groups excluding carboxylic acids is 1. The van der Waals surface area contributed by atoms with E-state index >= 15 is 0 Å².